The summed E-state index contributed by atoms with van der Waals surface area (Å²) >= 11 is 0. The molecule has 0 atom stereocenters. The number of morpholine rings is 1. The van der Waals surface area contributed by atoms with Crippen molar-refractivity contribution in [3.05, 3.63) is 23.7 Å². The molecule has 3 rings (SSSR count). The van der Waals surface area contributed by atoms with Gasteiger partial charge in [-0.15, -0.1) is 0 Å². The van der Waals surface area contributed by atoms with Crippen molar-refractivity contribution in [2.75, 3.05) is 44.7 Å². The van der Waals surface area contributed by atoms with E-state index in [1.807, 2.05) is 19.2 Å². The molecule has 0 aliphatic carbocycles. The molecule has 1 aliphatic rings. The molecule has 24 heavy (non-hydrogen) atoms. The molecule has 3 heterocycles. The Hall–Kier alpha value is -1.99. The van der Waals surface area contributed by atoms with Gasteiger partial charge in [0.15, 0.2) is 5.76 Å². The van der Waals surface area contributed by atoms with Crippen LogP contribution in [0.5, 0.6) is 0 Å². The van der Waals surface area contributed by atoms with Gasteiger partial charge in [0.05, 0.1) is 30.2 Å². The first-order chi connectivity index (χ1) is 11.6. The summed E-state index contributed by atoms with van der Waals surface area (Å²) in [6.07, 6.45) is 1.82. The lowest BCUT2D eigenvalue weighted by atomic mass is 10.0. The summed E-state index contributed by atoms with van der Waals surface area (Å²) in [6.45, 7) is 11.5. The maximum Gasteiger partial charge on any atom is 0.222 e. The van der Waals surface area contributed by atoms with E-state index in [4.69, 9.17) is 9.26 Å². The Balaban J connectivity index is 1.67. The van der Waals surface area contributed by atoms with E-state index in [2.05, 4.69) is 39.2 Å². The van der Waals surface area contributed by atoms with Crippen LogP contribution in [0.4, 0.5) is 5.95 Å². The van der Waals surface area contributed by atoms with E-state index >= 15 is 0 Å². The first-order valence-electron chi connectivity index (χ1n) is 8.48. The van der Waals surface area contributed by atoms with E-state index in [1.54, 1.807) is 0 Å². The van der Waals surface area contributed by atoms with Gasteiger partial charge in [0.2, 0.25) is 5.95 Å². The predicted octanol–water partition coefficient (Wildman–Crippen LogP) is 2.31. The smallest absolute Gasteiger partial charge is 0.222 e. The number of anilines is 1. The van der Waals surface area contributed by atoms with E-state index < -0.39 is 0 Å². The molecule has 2 aromatic rings. The van der Waals surface area contributed by atoms with Gasteiger partial charge in [0.25, 0.3) is 0 Å². The monoisotopic (exact) mass is 331 g/mol. The third-order valence-electron chi connectivity index (χ3n) is 4.07. The largest absolute Gasteiger partial charge is 0.379 e. The summed E-state index contributed by atoms with van der Waals surface area (Å²) < 4.78 is 10.7. The average Bonchev–Trinajstić information content (AvgIpc) is 3.02. The highest BCUT2D eigenvalue weighted by Gasteiger charge is 2.16. The zero-order valence-electron chi connectivity index (χ0n) is 14.6. The Morgan fingerprint density at radius 2 is 2.08 bits per heavy atom. The lowest BCUT2D eigenvalue weighted by Crippen LogP contribution is -2.39. The van der Waals surface area contributed by atoms with E-state index in [1.165, 1.54) is 0 Å². The summed E-state index contributed by atoms with van der Waals surface area (Å²) in [6, 6.07) is 1.91. The number of aryl methyl sites for hydroxylation is 1. The Labute approximate surface area is 142 Å². The van der Waals surface area contributed by atoms with E-state index in [0.717, 1.165) is 62.1 Å². The molecule has 1 saturated heterocycles. The molecule has 2 aromatic heterocycles. The number of nitrogens with one attached hydrogen (secondary N) is 1. The van der Waals surface area contributed by atoms with Crippen LogP contribution in [0, 0.1) is 6.92 Å². The molecule has 0 radical (unpaired) electrons. The van der Waals surface area contributed by atoms with Crippen LogP contribution < -0.4 is 5.32 Å². The normalized spacial score (nSPS) is 15.8. The molecule has 0 saturated carbocycles. The van der Waals surface area contributed by atoms with Crippen molar-refractivity contribution in [3.63, 3.8) is 0 Å². The van der Waals surface area contributed by atoms with Crippen LogP contribution >= 0.6 is 0 Å². The molecule has 1 fully saturated rings. The highest BCUT2D eigenvalue weighted by atomic mass is 16.5. The Morgan fingerprint density at radius 3 is 2.75 bits per heavy atom. The van der Waals surface area contributed by atoms with Crippen LogP contribution in [0.1, 0.15) is 31.2 Å². The van der Waals surface area contributed by atoms with Crippen LogP contribution in [-0.2, 0) is 4.74 Å². The molecule has 1 aliphatic heterocycles. The molecule has 130 valence electrons. The Kier molecular flexibility index (Phi) is 5.42. The SMILES string of the molecule is Cc1cc(-c2cnc(NCCN3CCOCC3)nc2C(C)C)on1. The minimum absolute atomic E-state index is 0.271. The second-order valence-corrected chi connectivity index (χ2v) is 6.36. The zero-order valence-corrected chi connectivity index (χ0v) is 14.6. The summed E-state index contributed by atoms with van der Waals surface area (Å²) in [4.78, 5) is 11.5. The van der Waals surface area contributed by atoms with Gasteiger partial charge in [-0.3, -0.25) is 4.90 Å². The van der Waals surface area contributed by atoms with Gasteiger partial charge in [0, 0.05) is 38.4 Å². The minimum atomic E-state index is 0.271. The van der Waals surface area contributed by atoms with E-state index in [9.17, 15) is 0 Å². The van der Waals surface area contributed by atoms with Gasteiger partial charge in [-0.2, -0.15) is 0 Å². The maximum absolute atomic E-state index is 5.37. The van der Waals surface area contributed by atoms with Crippen molar-refractivity contribution >= 4 is 5.95 Å². The summed E-state index contributed by atoms with van der Waals surface area (Å²) in [5.74, 6) is 1.65. The van der Waals surface area contributed by atoms with Crippen molar-refractivity contribution < 1.29 is 9.26 Å². The van der Waals surface area contributed by atoms with Gasteiger partial charge < -0.3 is 14.6 Å². The number of hydrogen-bond donors (Lipinski definition) is 1. The fraction of sp³-hybridized carbons (Fsp3) is 0.588. The second kappa shape index (κ2) is 7.72. The van der Waals surface area contributed by atoms with Crippen molar-refractivity contribution in [1.29, 1.82) is 0 Å². The Bertz CT molecular complexity index is 665. The van der Waals surface area contributed by atoms with Crippen molar-refractivity contribution in [1.82, 2.24) is 20.0 Å². The van der Waals surface area contributed by atoms with Crippen LogP contribution in [0.3, 0.4) is 0 Å². The molecular weight excluding hydrogens is 306 g/mol. The fourth-order valence-corrected chi connectivity index (χ4v) is 2.75. The minimum Gasteiger partial charge on any atom is -0.379 e. The number of nitrogens with zero attached hydrogens (tertiary/aromatic N) is 4. The molecular formula is C17H25N5O2. The highest BCUT2D eigenvalue weighted by molar-refractivity contribution is 5.61. The van der Waals surface area contributed by atoms with Gasteiger partial charge in [-0.25, -0.2) is 9.97 Å². The zero-order chi connectivity index (χ0) is 16.9. The summed E-state index contributed by atoms with van der Waals surface area (Å²) in [5, 5.41) is 7.28. The molecule has 1 N–H and O–H groups in total. The maximum atomic E-state index is 5.37. The standard InChI is InChI=1S/C17H25N5O2/c1-12(2)16-14(15-10-13(3)21-24-15)11-19-17(20-16)18-4-5-22-6-8-23-9-7-22/h10-12H,4-9H2,1-3H3,(H,18,19,20). The number of rotatable bonds is 6. The quantitative estimate of drug-likeness (QED) is 0.870. The lowest BCUT2D eigenvalue weighted by molar-refractivity contribution is 0.0398. The van der Waals surface area contributed by atoms with Crippen LogP contribution in [-0.4, -0.2) is 59.4 Å². The average molecular weight is 331 g/mol. The van der Waals surface area contributed by atoms with Crippen molar-refractivity contribution in [3.8, 4) is 11.3 Å². The number of ether oxygens (including phenoxy) is 1. The van der Waals surface area contributed by atoms with Crippen LogP contribution in [0.25, 0.3) is 11.3 Å². The molecule has 0 spiro atoms. The highest BCUT2D eigenvalue weighted by Crippen LogP contribution is 2.28. The molecule has 0 bridgehead atoms. The lowest BCUT2D eigenvalue weighted by Gasteiger charge is -2.26. The Morgan fingerprint density at radius 1 is 1.29 bits per heavy atom. The second-order valence-electron chi connectivity index (χ2n) is 6.36. The van der Waals surface area contributed by atoms with Gasteiger partial charge in [-0.1, -0.05) is 19.0 Å². The number of hydrogen-bond acceptors (Lipinski definition) is 7. The fourth-order valence-electron chi connectivity index (χ4n) is 2.75. The van der Waals surface area contributed by atoms with E-state index in [0.29, 0.717) is 5.95 Å². The molecule has 7 heteroatoms. The van der Waals surface area contributed by atoms with Crippen LogP contribution in [0.2, 0.25) is 0 Å². The third-order valence-corrected chi connectivity index (χ3v) is 4.07. The molecule has 7 nitrogen and oxygen atoms in total. The van der Waals surface area contributed by atoms with E-state index in [-0.39, 0.29) is 5.92 Å². The topological polar surface area (TPSA) is 76.3 Å². The first-order valence-corrected chi connectivity index (χ1v) is 8.48. The first kappa shape index (κ1) is 16.9. The molecule has 0 unspecified atom stereocenters. The van der Waals surface area contributed by atoms with Crippen LogP contribution in [0.15, 0.2) is 16.8 Å². The van der Waals surface area contributed by atoms with Crippen molar-refractivity contribution in [2.24, 2.45) is 0 Å². The third kappa shape index (κ3) is 4.10. The summed E-state index contributed by atoms with van der Waals surface area (Å²) in [5.41, 5.74) is 2.73. The molecule has 0 aromatic carbocycles. The summed E-state index contributed by atoms with van der Waals surface area (Å²) in [7, 11) is 0. The number of aromatic nitrogens is 3. The van der Waals surface area contributed by atoms with Gasteiger partial charge >= 0.3 is 0 Å². The van der Waals surface area contributed by atoms with Crippen molar-refractivity contribution in [2.45, 2.75) is 26.7 Å². The van der Waals surface area contributed by atoms with Gasteiger partial charge in [-0.05, 0) is 12.8 Å². The predicted molar refractivity (Wildman–Crippen MR) is 92.1 cm³/mol. The van der Waals surface area contributed by atoms with Gasteiger partial charge in [0.1, 0.15) is 0 Å². The molecule has 0 amide bonds.